The Hall–Kier alpha value is -0.290. The largest absolute Gasteiger partial charge is 0.366 e. The first-order chi connectivity index (χ1) is 5.54. The molecule has 0 spiro atoms. The summed E-state index contributed by atoms with van der Waals surface area (Å²) in [7, 11) is 0. The van der Waals surface area contributed by atoms with Crippen LogP contribution in [-0.4, -0.2) is 5.91 Å². The van der Waals surface area contributed by atoms with Crippen LogP contribution in [0.1, 0.15) is 15.9 Å². The highest BCUT2D eigenvalue weighted by Gasteiger charge is 2.11. The molecule has 0 unspecified atom stereocenters. The number of rotatable bonds is 1. The molecule has 1 aromatic carbocycles. The van der Waals surface area contributed by atoms with Crippen molar-refractivity contribution < 1.29 is 4.79 Å². The number of benzene rings is 1. The third-order valence-electron chi connectivity index (χ3n) is 1.59. The Bertz CT molecular complexity index is 338. The van der Waals surface area contributed by atoms with Gasteiger partial charge in [0, 0.05) is 8.59 Å². The molecule has 12 heavy (non-hydrogen) atoms. The topological polar surface area (TPSA) is 43.1 Å². The van der Waals surface area contributed by atoms with E-state index in [1.165, 1.54) is 0 Å². The van der Waals surface area contributed by atoms with Crippen LogP contribution in [-0.2, 0) is 0 Å². The fourth-order valence-electron chi connectivity index (χ4n) is 0.956. The second-order valence-corrected chi connectivity index (χ2v) is 3.96. The van der Waals surface area contributed by atoms with E-state index in [9.17, 15) is 4.79 Å². The summed E-state index contributed by atoms with van der Waals surface area (Å²) in [5.74, 6) is -0.431. The van der Waals surface area contributed by atoms with E-state index in [4.69, 9.17) is 17.3 Å². The number of carbonyl (C=O) groups is 1. The molecule has 0 radical (unpaired) electrons. The van der Waals surface area contributed by atoms with Gasteiger partial charge in [-0.2, -0.15) is 0 Å². The lowest BCUT2D eigenvalue weighted by Gasteiger charge is -2.05. The molecule has 0 saturated heterocycles. The van der Waals surface area contributed by atoms with Crippen molar-refractivity contribution in [2.45, 2.75) is 6.92 Å². The van der Waals surface area contributed by atoms with Crippen LogP contribution in [0.4, 0.5) is 0 Å². The van der Waals surface area contributed by atoms with Crippen molar-refractivity contribution in [2.75, 3.05) is 0 Å². The van der Waals surface area contributed by atoms with E-state index in [1.54, 1.807) is 19.1 Å². The van der Waals surface area contributed by atoms with Crippen LogP contribution >= 0.6 is 34.2 Å². The maximum absolute atomic E-state index is 11.0. The second kappa shape index (κ2) is 3.62. The van der Waals surface area contributed by atoms with E-state index in [2.05, 4.69) is 22.6 Å². The van der Waals surface area contributed by atoms with Crippen molar-refractivity contribution in [1.29, 1.82) is 0 Å². The van der Waals surface area contributed by atoms with E-state index >= 15 is 0 Å². The molecule has 1 amide bonds. The molecule has 2 N–H and O–H groups in total. The summed E-state index contributed by atoms with van der Waals surface area (Å²) in [4.78, 5) is 11.0. The molecule has 0 aliphatic rings. The van der Waals surface area contributed by atoms with Crippen LogP contribution in [0.3, 0.4) is 0 Å². The highest BCUT2D eigenvalue weighted by Crippen LogP contribution is 2.23. The Kier molecular flexibility index (Phi) is 2.95. The smallest absolute Gasteiger partial charge is 0.250 e. The number of halogens is 2. The number of hydrogen-bond donors (Lipinski definition) is 1. The van der Waals surface area contributed by atoms with Gasteiger partial charge in [-0.05, 0) is 47.2 Å². The van der Waals surface area contributed by atoms with Gasteiger partial charge in [-0.3, -0.25) is 4.79 Å². The number of primary amides is 1. The van der Waals surface area contributed by atoms with Crippen molar-refractivity contribution in [3.8, 4) is 0 Å². The zero-order valence-electron chi connectivity index (χ0n) is 6.40. The monoisotopic (exact) mass is 295 g/mol. The molecular weight excluding hydrogens is 288 g/mol. The maximum Gasteiger partial charge on any atom is 0.250 e. The first-order valence-corrected chi connectivity index (χ1v) is 4.74. The maximum atomic E-state index is 11.0. The highest BCUT2D eigenvalue weighted by atomic mass is 127. The average Bonchev–Trinajstić information content (AvgIpc) is 1.97. The fraction of sp³-hybridized carbons (Fsp3) is 0.125. The Morgan fingerprint density at radius 3 is 2.58 bits per heavy atom. The Morgan fingerprint density at radius 1 is 1.58 bits per heavy atom. The zero-order chi connectivity index (χ0) is 9.30. The number of carbonyl (C=O) groups excluding carboxylic acids is 1. The van der Waals surface area contributed by atoms with E-state index in [0.29, 0.717) is 10.6 Å². The molecule has 64 valence electrons. The van der Waals surface area contributed by atoms with Gasteiger partial charge in [0.2, 0.25) is 5.91 Å². The SMILES string of the molecule is Cc1c(Cl)ccc(I)c1C(N)=O. The molecule has 0 aromatic heterocycles. The predicted molar refractivity (Wildman–Crippen MR) is 57.4 cm³/mol. The quantitative estimate of drug-likeness (QED) is 0.794. The highest BCUT2D eigenvalue weighted by molar-refractivity contribution is 14.1. The standard InChI is InChI=1S/C8H7ClINO/c1-4-5(9)2-3-6(10)7(4)8(11)12/h2-3H,1H3,(H2,11,12). The van der Waals surface area contributed by atoms with E-state index in [1.807, 2.05) is 0 Å². The Labute approximate surface area is 89.2 Å². The van der Waals surface area contributed by atoms with Crippen molar-refractivity contribution in [2.24, 2.45) is 5.73 Å². The zero-order valence-corrected chi connectivity index (χ0v) is 9.31. The lowest BCUT2D eigenvalue weighted by molar-refractivity contribution is 0.0999. The number of hydrogen-bond acceptors (Lipinski definition) is 1. The van der Waals surface area contributed by atoms with Crippen LogP contribution in [0.25, 0.3) is 0 Å². The summed E-state index contributed by atoms with van der Waals surface area (Å²) in [5.41, 5.74) is 6.45. The van der Waals surface area contributed by atoms with Crippen LogP contribution in [0.2, 0.25) is 5.02 Å². The van der Waals surface area contributed by atoms with Crippen LogP contribution in [0.15, 0.2) is 12.1 Å². The van der Waals surface area contributed by atoms with Crippen LogP contribution in [0, 0.1) is 10.5 Å². The van der Waals surface area contributed by atoms with Crippen molar-refractivity contribution in [1.82, 2.24) is 0 Å². The summed E-state index contributed by atoms with van der Waals surface area (Å²) in [6.07, 6.45) is 0. The lowest BCUT2D eigenvalue weighted by Crippen LogP contribution is -2.14. The van der Waals surface area contributed by atoms with Crippen molar-refractivity contribution in [3.05, 3.63) is 31.9 Å². The fourth-order valence-corrected chi connectivity index (χ4v) is 1.96. The van der Waals surface area contributed by atoms with Gasteiger partial charge in [0.05, 0.1) is 5.56 Å². The van der Waals surface area contributed by atoms with Gasteiger partial charge in [0.1, 0.15) is 0 Å². The molecule has 0 fully saturated rings. The van der Waals surface area contributed by atoms with Crippen molar-refractivity contribution >= 4 is 40.1 Å². The van der Waals surface area contributed by atoms with Crippen LogP contribution < -0.4 is 5.73 Å². The molecular formula is C8H7ClINO. The van der Waals surface area contributed by atoms with E-state index in [-0.39, 0.29) is 0 Å². The molecule has 2 nitrogen and oxygen atoms in total. The van der Waals surface area contributed by atoms with Gasteiger partial charge in [0.15, 0.2) is 0 Å². The third-order valence-corrected chi connectivity index (χ3v) is 2.90. The Balaban J connectivity index is 3.43. The normalized spacial score (nSPS) is 9.92. The molecule has 0 atom stereocenters. The van der Waals surface area contributed by atoms with Gasteiger partial charge >= 0.3 is 0 Å². The van der Waals surface area contributed by atoms with E-state index in [0.717, 1.165) is 9.13 Å². The van der Waals surface area contributed by atoms with Gasteiger partial charge in [-0.1, -0.05) is 11.6 Å². The van der Waals surface area contributed by atoms with Crippen molar-refractivity contribution in [3.63, 3.8) is 0 Å². The number of nitrogens with two attached hydrogens (primary N) is 1. The summed E-state index contributed by atoms with van der Waals surface area (Å²) in [5, 5.41) is 0.573. The minimum Gasteiger partial charge on any atom is -0.366 e. The summed E-state index contributed by atoms with van der Waals surface area (Å²) >= 11 is 7.88. The summed E-state index contributed by atoms with van der Waals surface area (Å²) in [6, 6.07) is 3.53. The van der Waals surface area contributed by atoms with Gasteiger partial charge < -0.3 is 5.73 Å². The van der Waals surface area contributed by atoms with Gasteiger partial charge in [0.25, 0.3) is 0 Å². The van der Waals surface area contributed by atoms with Crippen LogP contribution in [0.5, 0.6) is 0 Å². The first-order valence-electron chi connectivity index (χ1n) is 3.28. The Morgan fingerprint density at radius 2 is 2.17 bits per heavy atom. The molecule has 1 aromatic rings. The molecule has 0 bridgehead atoms. The van der Waals surface area contributed by atoms with E-state index < -0.39 is 5.91 Å². The average molecular weight is 296 g/mol. The molecule has 0 aliphatic carbocycles. The predicted octanol–water partition coefficient (Wildman–Crippen LogP) is 2.35. The number of amides is 1. The minimum atomic E-state index is -0.431. The van der Waals surface area contributed by atoms with Gasteiger partial charge in [-0.15, -0.1) is 0 Å². The second-order valence-electron chi connectivity index (χ2n) is 2.39. The molecule has 0 heterocycles. The molecule has 4 heteroatoms. The lowest BCUT2D eigenvalue weighted by atomic mass is 10.1. The first kappa shape index (κ1) is 9.80. The molecule has 0 saturated carbocycles. The van der Waals surface area contributed by atoms with Gasteiger partial charge in [-0.25, -0.2) is 0 Å². The summed E-state index contributed by atoms with van der Waals surface area (Å²) < 4.78 is 0.835. The molecule has 0 aliphatic heterocycles. The summed E-state index contributed by atoms with van der Waals surface area (Å²) in [6.45, 7) is 1.78. The molecule has 1 rings (SSSR count). The third kappa shape index (κ3) is 1.72. The minimum absolute atomic E-state index is 0.431.